The lowest BCUT2D eigenvalue weighted by Crippen LogP contribution is -2.30. The number of para-hydroxylation sites is 1. The highest BCUT2D eigenvalue weighted by Crippen LogP contribution is 2.19. The molecule has 0 aliphatic heterocycles. The summed E-state index contributed by atoms with van der Waals surface area (Å²) in [5, 5.41) is 5.43. The first-order valence-corrected chi connectivity index (χ1v) is 7.48. The lowest BCUT2D eigenvalue weighted by molar-refractivity contribution is -0.120. The molecule has 0 aromatic heterocycles. The molecule has 0 heterocycles. The number of hydrogen-bond donors (Lipinski definition) is 3. The number of primary amides is 1. The van der Waals surface area contributed by atoms with Gasteiger partial charge >= 0.3 is 0 Å². The van der Waals surface area contributed by atoms with Crippen LogP contribution in [0.25, 0.3) is 0 Å². The Morgan fingerprint density at radius 1 is 1.00 bits per heavy atom. The van der Waals surface area contributed by atoms with Crippen molar-refractivity contribution in [2.24, 2.45) is 5.73 Å². The van der Waals surface area contributed by atoms with Crippen molar-refractivity contribution in [3.05, 3.63) is 65.7 Å². The minimum atomic E-state index is -0.618. The van der Waals surface area contributed by atoms with E-state index in [0.29, 0.717) is 5.69 Å². The van der Waals surface area contributed by atoms with E-state index in [9.17, 15) is 14.4 Å². The molecule has 6 heteroatoms. The molecule has 0 bridgehead atoms. The van der Waals surface area contributed by atoms with Gasteiger partial charge in [-0.05, 0) is 17.7 Å². The van der Waals surface area contributed by atoms with Gasteiger partial charge in [0.15, 0.2) is 0 Å². The van der Waals surface area contributed by atoms with Gasteiger partial charge in [0.1, 0.15) is 0 Å². The molecule has 0 aliphatic carbocycles. The van der Waals surface area contributed by atoms with Crippen molar-refractivity contribution < 1.29 is 14.4 Å². The lowest BCUT2D eigenvalue weighted by atomic mass is 10.0. The van der Waals surface area contributed by atoms with Gasteiger partial charge in [0.25, 0.3) is 5.91 Å². The fourth-order valence-corrected chi connectivity index (χ4v) is 2.38. The number of hydrogen-bond acceptors (Lipinski definition) is 3. The largest absolute Gasteiger partial charge is 0.366 e. The monoisotopic (exact) mass is 325 g/mol. The molecule has 124 valence electrons. The number of amides is 3. The van der Waals surface area contributed by atoms with Crippen molar-refractivity contribution in [3.63, 3.8) is 0 Å². The summed E-state index contributed by atoms with van der Waals surface area (Å²) >= 11 is 0. The van der Waals surface area contributed by atoms with Gasteiger partial charge in [0, 0.05) is 6.92 Å². The minimum absolute atomic E-state index is 0.0384. The third kappa shape index (κ3) is 4.67. The Morgan fingerprint density at radius 3 is 2.25 bits per heavy atom. The first-order valence-electron chi connectivity index (χ1n) is 7.48. The summed E-state index contributed by atoms with van der Waals surface area (Å²) in [6.07, 6.45) is 0.0384. The topological polar surface area (TPSA) is 101 Å². The van der Waals surface area contributed by atoms with Gasteiger partial charge in [-0.25, -0.2) is 0 Å². The molecule has 1 unspecified atom stereocenters. The van der Waals surface area contributed by atoms with Crippen LogP contribution in [-0.4, -0.2) is 17.7 Å². The highest BCUT2D eigenvalue weighted by molar-refractivity contribution is 6.03. The summed E-state index contributed by atoms with van der Waals surface area (Å²) in [4.78, 5) is 35.2. The quantitative estimate of drug-likeness (QED) is 0.757. The van der Waals surface area contributed by atoms with Crippen LogP contribution in [0.5, 0.6) is 0 Å². The molecule has 0 spiro atoms. The van der Waals surface area contributed by atoms with Gasteiger partial charge in [-0.3, -0.25) is 14.4 Å². The number of carbonyl (C=O) groups is 3. The van der Waals surface area contributed by atoms with Crippen LogP contribution in [0.15, 0.2) is 54.6 Å². The van der Waals surface area contributed by atoms with Crippen LogP contribution < -0.4 is 16.4 Å². The van der Waals surface area contributed by atoms with Crippen molar-refractivity contribution in [2.45, 2.75) is 19.4 Å². The number of anilines is 1. The van der Waals surface area contributed by atoms with Crippen molar-refractivity contribution in [1.29, 1.82) is 0 Å². The SMILES string of the molecule is CC(=O)NC(CC(=O)Nc1ccccc1C(N)=O)c1ccccc1. The first-order chi connectivity index (χ1) is 11.5. The van der Waals surface area contributed by atoms with Gasteiger partial charge in [0.2, 0.25) is 11.8 Å². The fourth-order valence-electron chi connectivity index (χ4n) is 2.38. The van der Waals surface area contributed by atoms with E-state index in [1.165, 1.54) is 6.92 Å². The Hall–Kier alpha value is -3.15. The summed E-state index contributed by atoms with van der Waals surface area (Å²) in [6.45, 7) is 1.40. The van der Waals surface area contributed by atoms with E-state index in [1.54, 1.807) is 24.3 Å². The van der Waals surface area contributed by atoms with Crippen molar-refractivity contribution in [3.8, 4) is 0 Å². The molecule has 1 atom stereocenters. The number of carbonyl (C=O) groups excluding carboxylic acids is 3. The normalized spacial score (nSPS) is 11.4. The molecule has 24 heavy (non-hydrogen) atoms. The lowest BCUT2D eigenvalue weighted by Gasteiger charge is -2.18. The average molecular weight is 325 g/mol. The molecule has 4 N–H and O–H groups in total. The number of benzene rings is 2. The van der Waals surface area contributed by atoms with Gasteiger partial charge in [0.05, 0.1) is 23.7 Å². The Balaban J connectivity index is 2.14. The third-order valence-corrected chi connectivity index (χ3v) is 3.44. The summed E-state index contributed by atoms with van der Waals surface area (Å²) in [5.41, 5.74) is 6.72. The summed E-state index contributed by atoms with van der Waals surface area (Å²) < 4.78 is 0. The van der Waals surface area contributed by atoms with Crippen LogP contribution in [0.1, 0.15) is 35.3 Å². The van der Waals surface area contributed by atoms with Gasteiger partial charge < -0.3 is 16.4 Å². The van der Waals surface area contributed by atoms with E-state index in [-0.39, 0.29) is 23.8 Å². The molecule has 0 fully saturated rings. The van der Waals surface area contributed by atoms with E-state index in [2.05, 4.69) is 10.6 Å². The van der Waals surface area contributed by atoms with Gasteiger partial charge in [-0.1, -0.05) is 42.5 Å². The van der Waals surface area contributed by atoms with Gasteiger partial charge in [-0.15, -0.1) is 0 Å². The molecule has 6 nitrogen and oxygen atoms in total. The van der Waals surface area contributed by atoms with E-state index in [4.69, 9.17) is 5.73 Å². The zero-order chi connectivity index (χ0) is 17.5. The molecular weight excluding hydrogens is 306 g/mol. The molecule has 0 saturated carbocycles. The van der Waals surface area contributed by atoms with Crippen LogP contribution in [-0.2, 0) is 9.59 Å². The molecule has 3 amide bonds. The van der Waals surface area contributed by atoms with Crippen LogP contribution in [0.2, 0.25) is 0 Å². The maximum Gasteiger partial charge on any atom is 0.250 e. The van der Waals surface area contributed by atoms with Gasteiger partial charge in [-0.2, -0.15) is 0 Å². The van der Waals surface area contributed by atoms with Crippen molar-refractivity contribution in [2.75, 3.05) is 5.32 Å². The molecule has 0 aliphatic rings. The zero-order valence-corrected chi connectivity index (χ0v) is 13.3. The van der Waals surface area contributed by atoms with Crippen LogP contribution >= 0.6 is 0 Å². The highest BCUT2D eigenvalue weighted by Gasteiger charge is 2.18. The van der Waals surface area contributed by atoms with Crippen LogP contribution in [0.4, 0.5) is 5.69 Å². The first kappa shape index (κ1) is 17.2. The highest BCUT2D eigenvalue weighted by atomic mass is 16.2. The number of rotatable bonds is 6. The zero-order valence-electron chi connectivity index (χ0n) is 13.3. The second kappa shape index (κ2) is 7.92. The molecule has 2 aromatic rings. The molecule has 2 rings (SSSR count). The molecule has 0 radical (unpaired) electrons. The van der Waals surface area contributed by atoms with E-state index in [0.717, 1.165) is 5.56 Å². The smallest absolute Gasteiger partial charge is 0.250 e. The standard InChI is InChI=1S/C18H19N3O3/c1-12(22)20-16(13-7-3-2-4-8-13)11-17(23)21-15-10-6-5-9-14(15)18(19)24/h2-10,16H,11H2,1H3,(H2,19,24)(H,20,22)(H,21,23). The maximum atomic E-state index is 12.3. The Labute approximate surface area is 140 Å². The second-order valence-electron chi connectivity index (χ2n) is 5.33. The molecule has 2 aromatic carbocycles. The second-order valence-corrected chi connectivity index (χ2v) is 5.33. The number of nitrogens with two attached hydrogens (primary N) is 1. The molecule has 0 saturated heterocycles. The third-order valence-electron chi connectivity index (χ3n) is 3.44. The van der Waals surface area contributed by atoms with E-state index >= 15 is 0 Å². The van der Waals surface area contributed by atoms with Crippen molar-refractivity contribution >= 4 is 23.4 Å². The summed E-state index contributed by atoms with van der Waals surface area (Å²) in [7, 11) is 0. The Bertz CT molecular complexity index is 744. The van der Waals surface area contributed by atoms with E-state index in [1.807, 2.05) is 30.3 Å². The Morgan fingerprint density at radius 2 is 1.62 bits per heavy atom. The number of nitrogens with one attached hydrogen (secondary N) is 2. The predicted octanol–water partition coefficient (Wildman–Crippen LogP) is 1.99. The van der Waals surface area contributed by atoms with Crippen LogP contribution in [0, 0.1) is 0 Å². The Kier molecular flexibility index (Phi) is 5.68. The molecular formula is C18H19N3O3. The van der Waals surface area contributed by atoms with Crippen LogP contribution in [0.3, 0.4) is 0 Å². The van der Waals surface area contributed by atoms with E-state index < -0.39 is 11.9 Å². The fraction of sp³-hybridized carbons (Fsp3) is 0.167. The maximum absolute atomic E-state index is 12.3. The summed E-state index contributed by atoms with van der Waals surface area (Å²) in [6, 6.07) is 15.3. The minimum Gasteiger partial charge on any atom is -0.366 e. The van der Waals surface area contributed by atoms with Crippen molar-refractivity contribution in [1.82, 2.24) is 5.32 Å². The predicted molar refractivity (Wildman–Crippen MR) is 91.2 cm³/mol. The average Bonchev–Trinajstić information content (AvgIpc) is 2.55. The summed E-state index contributed by atoms with van der Waals surface area (Å²) in [5.74, 6) is -1.17.